The number of aryl methyl sites for hydroxylation is 1. The Hall–Kier alpha value is -1.78. The fourth-order valence-corrected chi connectivity index (χ4v) is 6.37. The minimum atomic E-state index is -3.28. The van der Waals surface area contributed by atoms with Crippen LogP contribution in [0.3, 0.4) is 0 Å². The lowest BCUT2D eigenvalue weighted by atomic mass is 9.99. The van der Waals surface area contributed by atoms with Crippen molar-refractivity contribution in [2.45, 2.75) is 64.0 Å². The number of methoxy groups -OCH3 is 1. The fraction of sp³-hybridized carbons (Fsp3) is 0.762. The quantitative estimate of drug-likeness (QED) is 0.674. The van der Waals surface area contributed by atoms with Crippen LogP contribution in [0.25, 0.3) is 0 Å². The number of hydrogen-bond donors (Lipinski definition) is 1. The molecule has 2 fully saturated rings. The number of nitrogens with one attached hydrogen (secondary N) is 1. The molecule has 31 heavy (non-hydrogen) atoms. The van der Waals surface area contributed by atoms with Gasteiger partial charge in [0.25, 0.3) is 0 Å². The first-order chi connectivity index (χ1) is 14.9. The second-order valence-electron chi connectivity index (χ2n) is 8.91. The molecule has 0 bridgehead atoms. The van der Waals surface area contributed by atoms with Gasteiger partial charge >= 0.3 is 0 Å². The highest BCUT2D eigenvalue weighted by atomic mass is 32.2. The van der Waals surface area contributed by atoms with Gasteiger partial charge in [0.15, 0.2) is 0 Å². The van der Waals surface area contributed by atoms with Crippen LogP contribution >= 0.6 is 0 Å². The molecule has 4 rings (SSSR count). The van der Waals surface area contributed by atoms with E-state index in [9.17, 15) is 13.2 Å². The van der Waals surface area contributed by atoms with E-state index in [4.69, 9.17) is 9.72 Å². The Kier molecular flexibility index (Phi) is 6.78. The van der Waals surface area contributed by atoms with E-state index in [1.165, 1.54) is 7.11 Å². The molecule has 1 amide bonds. The predicted molar refractivity (Wildman–Crippen MR) is 119 cm³/mol. The number of piperidine rings is 1. The number of rotatable bonds is 7. The number of aromatic nitrogens is 2. The van der Waals surface area contributed by atoms with Crippen LogP contribution in [-0.2, 0) is 26.0 Å². The van der Waals surface area contributed by atoms with E-state index >= 15 is 0 Å². The van der Waals surface area contributed by atoms with Gasteiger partial charge in [0, 0.05) is 50.5 Å². The van der Waals surface area contributed by atoms with E-state index in [2.05, 4.69) is 17.2 Å². The van der Waals surface area contributed by atoms with Gasteiger partial charge in [-0.25, -0.2) is 17.7 Å². The average Bonchev–Trinajstić information content (AvgIpc) is 3.18. The van der Waals surface area contributed by atoms with Crippen molar-refractivity contribution >= 4 is 27.7 Å². The molecule has 0 spiro atoms. The summed E-state index contributed by atoms with van der Waals surface area (Å²) < 4.78 is 31.2. The number of sulfonamides is 1. The number of anilines is 2. The van der Waals surface area contributed by atoms with Crippen molar-refractivity contribution in [2.75, 3.05) is 42.8 Å². The smallest absolute Gasteiger partial charge is 0.228 e. The first-order valence-corrected chi connectivity index (χ1v) is 12.9. The van der Waals surface area contributed by atoms with Gasteiger partial charge in [0.1, 0.15) is 5.82 Å². The molecule has 172 valence electrons. The minimum absolute atomic E-state index is 0.0129. The number of carbonyl (C=O) groups is 1. The summed E-state index contributed by atoms with van der Waals surface area (Å²) in [7, 11) is -1.77. The number of hydrogen-bond acceptors (Lipinski definition) is 7. The first kappa shape index (κ1) is 22.4. The number of fused-ring (bicyclic) bond motifs is 1. The fourth-order valence-electron chi connectivity index (χ4n) is 4.96. The molecule has 0 unspecified atom stereocenters. The van der Waals surface area contributed by atoms with Gasteiger partial charge in [0.2, 0.25) is 21.9 Å². The SMILES string of the molecule is COCCS(=O)(=O)N1CCC(Nc2ncc3c(n2)N([C@@H]2CCC[C@@H]2C)C(=O)CC3)CC1. The van der Waals surface area contributed by atoms with Crippen molar-refractivity contribution in [1.82, 2.24) is 14.3 Å². The Labute approximate surface area is 184 Å². The molecule has 9 nitrogen and oxygen atoms in total. The lowest BCUT2D eigenvalue weighted by Crippen LogP contribution is -2.45. The Bertz CT molecular complexity index is 901. The van der Waals surface area contributed by atoms with Gasteiger partial charge in [-0.05, 0) is 38.0 Å². The van der Waals surface area contributed by atoms with E-state index in [-0.39, 0.29) is 30.4 Å². The van der Waals surface area contributed by atoms with Crippen molar-refractivity contribution in [2.24, 2.45) is 5.92 Å². The molecule has 1 N–H and O–H groups in total. The number of nitrogens with zero attached hydrogens (tertiary/aromatic N) is 4. The molecule has 1 saturated heterocycles. The summed E-state index contributed by atoms with van der Waals surface area (Å²) in [6, 6.07) is 0.319. The van der Waals surface area contributed by atoms with Gasteiger partial charge < -0.3 is 10.1 Å². The summed E-state index contributed by atoms with van der Waals surface area (Å²) in [6.45, 7) is 3.37. The van der Waals surface area contributed by atoms with E-state index in [0.717, 1.165) is 30.6 Å². The molecule has 1 aromatic heterocycles. The molecule has 0 radical (unpaired) electrons. The second-order valence-corrected chi connectivity index (χ2v) is 11.0. The van der Waals surface area contributed by atoms with Crippen LogP contribution in [0, 0.1) is 5.92 Å². The maximum absolute atomic E-state index is 12.8. The number of carbonyl (C=O) groups excluding carboxylic acids is 1. The van der Waals surface area contributed by atoms with E-state index in [1.807, 2.05) is 11.1 Å². The maximum atomic E-state index is 12.8. The van der Waals surface area contributed by atoms with Crippen LogP contribution in [-0.4, -0.2) is 73.2 Å². The van der Waals surface area contributed by atoms with Gasteiger partial charge in [-0.15, -0.1) is 0 Å². The van der Waals surface area contributed by atoms with Crippen LogP contribution < -0.4 is 10.2 Å². The minimum Gasteiger partial charge on any atom is -0.384 e. The molecular formula is C21H33N5O4S. The van der Waals surface area contributed by atoms with Crippen molar-refractivity contribution < 1.29 is 17.9 Å². The molecular weight excluding hydrogens is 418 g/mol. The molecule has 1 aromatic rings. The summed E-state index contributed by atoms with van der Waals surface area (Å²) in [4.78, 5) is 23.9. The third-order valence-corrected chi connectivity index (χ3v) is 8.66. The second kappa shape index (κ2) is 9.38. The van der Waals surface area contributed by atoms with Crippen LogP contribution in [0.15, 0.2) is 6.20 Å². The van der Waals surface area contributed by atoms with E-state index < -0.39 is 10.0 Å². The van der Waals surface area contributed by atoms with Crippen LogP contribution in [0.1, 0.15) is 51.0 Å². The van der Waals surface area contributed by atoms with Gasteiger partial charge in [-0.1, -0.05) is 13.3 Å². The van der Waals surface area contributed by atoms with Crippen LogP contribution in [0.4, 0.5) is 11.8 Å². The largest absolute Gasteiger partial charge is 0.384 e. The number of amides is 1. The summed E-state index contributed by atoms with van der Waals surface area (Å²) in [5, 5.41) is 3.38. The van der Waals surface area contributed by atoms with Crippen molar-refractivity contribution in [3.05, 3.63) is 11.8 Å². The molecule has 1 saturated carbocycles. The maximum Gasteiger partial charge on any atom is 0.228 e. The monoisotopic (exact) mass is 451 g/mol. The molecule has 2 atom stereocenters. The summed E-state index contributed by atoms with van der Waals surface area (Å²) in [6.07, 6.45) is 7.73. The molecule has 3 aliphatic rings. The molecule has 1 aliphatic carbocycles. The van der Waals surface area contributed by atoms with Crippen LogP contribution in [0.5, 0.6) is 0 Å². The summed E-state index contributed by atoms with van der Waals surface area (Å²) >= 11 is 0. The zero-order valence-corrected chi connectivity index (χ0v) is 19.2. The van der Waals surface area contributed by atoms with Gasteiger partial charge in [-0.2, -0.15) is 4.98 Å². The van der Waals surface area contributed by atoms with Crippen molar-refractivity contribution in [3.63, 3.8) is 0 Å². The van der Waals surface area contributed by atoms with E-state index in [0.29, 0.717) is 50.6 Å². The first-order valence-electron chi connectivity index (χ1n) is 11.3. The summed E-state index contributed by atoms with van der Waals surface area (Å²) in [5.74, 6) is 1.92. The average molecular weight is 452 g/mol. The third-order valence-electron chi connectivity index (χ3n) is 6.82. The molecule has 2 aliphatic heterocycles. The standard InChI is InChI=1S/C21H33N5O4S/c1-15-4-3-5-18(15)26-19(27)7-6-16-14-22-21(24-20(16)26)23-17-8-10-25(11-9-17)31(28,29)13-12-30-2/h14-15,17-18H,3-13H2,1-2H3,(H,22,23,24)/t15-,18+/m0/s1. The van der Waals surface area contributed by atoms with Crippen LogP contribution in [0.2, 0.25) is 0 Å². The predicted octanol–water partition coefficient (Wildman–Crippen LogP) is 1.80. The highest BCUT2D eigenvalue weighted by Gasteiger charge is 2.37. The lowest BCUT2D eigenvalue weighted by molar-refractivity contribution is -0.119. The molecule has 10 heteroatoms. The number of ether oxygens (including phenoxy) is 1. The Morgan fingerprint density at radius 1 is 1.19 bits per heavy atom. The van der Waals surface area contributed by atoms with Crippen molar-refractivity contribution in [1.29, 1.82) is 0 Å². The highest BCUT2D eigenvalue weighted by Crippen LogP contribution is 2.36. The van der Waals surface area contributed by atoms with E-state index in [1.54, 1.807) is 4.31 Å². The highest BCUT2D eigenvalue weighted by molar-refractivity contribution is 7.89. The lowest BCUT2D eigenvalue weighted by Gasteiger charge is -2.35. The Balaban J connectivity index is 1.43. The molecule has 0 aromatic carbocycles. The zero-order chi connectivity index (χ0) is 22.0. The van der Waals surface area contributed by atoms with Gasteiger partial charge in [-0.3, -0.25) is 9.69 Å². The zero-order valence-electron chi connectivity index (χ0n) is 18.4. The summed E-state index contributed by atoms with van der Waals surface area (Å²) in [5.41, 5.74) is 1.03. The molecule has 3 heterocycles. The Morgan fingerprint density at radius 3 is 2.65 bits per heavy atom. The normalized spacial score (nSPS) is 25.6. The topological polar surface area (TPSA) is 105 Å². The third kappa shape index (κ3) is 4.85. The Morgan fingerprint density at radius 2 is 1.97 bits per heavy atom. The van der Waals surface area contributed by atoms with Crippen molar-refractivity contribution in [3.8, 4) is 0 Å². The van der Waals surface area contributed by atoms with Gasteiger partial charge in [0.05, 0.1) is 12.4 Å².